The number of carbonyl (C=O) groups is 1. The fourth-order valence-electron chi connectivity index (χ4n) is 2.97. The average molecular weight is 399 g/mol. The van der Waals surface area contributed by atoms with Gasteiger partial charge in [-0.05, 0) is 42.9 Å². The van der Waals surface area contributed by atoms with Crippen LogP contribution in [0.3, 0.4) is 0 Å². The lowest BCUT2D eigenvalue weighted by Crippen LogP contribution is -2.28. The molecule has 0 saturated carbocycles. The quantitative estimate of drug-likeness (QED) is 0.454. The first kappa shape index (κ1) is 22.3. The maximum atomic E-state index is 11.9. The molecule has 6 heteroatoms. The van der Waals surface area contributed by atoms with E-state index in [0.717, 1.165) is 19.6 Å². The zero-order valence-electron chi connectivity index (χ0n) is 17.5. The van der Waals surface area contributed by atoms with Crippen molar-refractivity contribution in [1.82, 2.24) is 4.90 Å². The number of carboxylic acids is 1. The molecule has 0 spiro atoms. The van der Waals surface area contributed by atoms with Crippen molar-refractivity contribution in [3.63, 3.8) is 0 Å². The molecule has 0 saturated heterocycles. The van der Waals surface area contributed by atoms with Gasteiger partial charge >= 0.3 is 5.97 Å². The minimum atomic E-state index is -1.02. The Morgan fingerprint density at radius 3 is 2.28 bits per heavy atom. The van der Waals surface area contributed by atoms with Crippen molar-refractivity contribution in [3.8, 4) is 17.2 Å². The molecule has 0 aliphatic carbocycles. The number of rotatable bonds is 11. The van der Waals surface area contributed by atoms with Crippen LogP contribution >= 0.6 is 0 Å². The van der Waals surface area contributed by atoms with Crippen molar-refractivity contribution in [2.24, 2.45) is 0 Å². The van der Waals surface area contributed by atoms with Crippen molar-refractivity contribution in [3.05, 3.63) is 53.6 Å². The normalized spacial score (nSPS) is 11.4. The topological polar surface area (TPSA) is 68.2 Å². The molecule has 6 nitrogen and oxygen atoms in total. The predicted octanol–water partition coefficient (Wildman–Crippen LogP) is 4.05. The third-order valence-electron chi connectivity index (χ3n) is 4.71. The van der Waals surface area contributed by atoms with Gasteiger partial charge < -0.3 is 24.2 Å². The van der Waals surface area contributed by atoms with Gasteiger partial charge in [-0.25, -0.2) is 4.79 Å². The summed E-state index contributed by atoms with van der Waals surface area (Å²) in [6.07, 6.45) is 1.61. The molecule has 0 atom stereocenters. The molecule has 0 amide bonds. The molecule has 0 bridgehead atoms. The lowest BCUT2D eigenvalue weighted by molar-refractivity contribution is -0.130. The Kier molecular flexibility index (Phi) is 8.55. The van der Waals surface area contributed by atoms with E-state index in [9.17, 15) is 9.90 Å². The monoisotopic (exact) mass is 399 g/mol. The van der Waals surface area contributed by atoms with Gasteiger partial charge in [0.05, 0.1) is 19.8 Å². The van der Waals surface area contributed by atoms with Gasteiger partial charge in [0.1, 0.15) is 12.4 Å². The number of para-hydroxylation sites is 1. The summed E-state index contributed by atoms with van der Waals surface area (Å²) in [7, 11) is 3.14. The Bertz CT molecular complexity index is 826. The molecule has 1 N–H and O–H groups in total. The highest BCUT2D eigenvalue weighted by atomic mass is 16.5. The molecular weight excluding hydrogens is 370 g/mol. The lowest BCUT2D eigenvalue weighted by atomic mass is 10.0. The first-order valence-electron chi connectivity index (χ1n) is 9.65. The number of carboxylic acid groups (broad SMARTS) is 1. The lowest BCUT2D eigenvalue weighted by Gasteiger charge is -2.19. The number of methoxy groups -OCH3 is 2. The summed E-state index contributed by atoms with van der Waals surface area (Å²) < 4.78 is 16.6. The Labute approximate surface area is 172 Å². The largest absolute Gasteiger partial charge is 0.497 e. The highest BCUT2D eigenvalue weighted by Crippen LogP contribution is 2.34. The van der Waals surface area contributed by atoms with E-state index >= 15 is 0 Å². The van der Waals surface area contributed by atoms with E-state index in [4.69, 9.17) is 14.2 Å². The van der Waals surface area contributed by atoms with Crippen molar-refractivity contribution in [2.75, 3.05) is 40.5 Å². The van der Waals surface area contributed by atoms with Gasteiger partial charge in [0, 0.05) is 12.1 Å². The van der Waals surface area contributed by atoms with Crippen LogP contribution in [0, 0.1) is 0 Å². The van der Waals surface area contributed by atoms with Crippen molar-refractivity contribution >= 4 is 17.6 Å². The SMILES string of the molecule is CCN(CC)CCOc1c(/C=C(\C(=O)O)c2ccc(OC)cc2)cccc1OC. The summed E-state index contributed by atoms with van der Waals surface area (Å²) in [5, 5.41) is 9.77. The van der Waals surface area contributed by atoms with Crippen LogP contribution in [0.2, 0.25) is 0 Å². The Hall–Kier alpha value is -2.99. The molecule has 0 unspecified atom stereocenters. The molecule has 0 radical (unpaired) electrons. The van der Waals surface area contributed by atoms with Crippen LogP contribution in [-0.4, -0.2) is 56.4 Å². The smallest absolute Gasteiger partial charge is 0.336 e. The minimum absolute atomic E-state index is 0.162. The number of ether oxygens (including phenoxy) is 3. The second-order valence-electron chi connectivity index (χ2n) is 6.35. The van der Waals surface area contributed by atoms with E-state index < -0.39 is 5.97 Å². The van der Waals surface area contributed by atoms with Crippen molar-refractivity contribution in [1.29, 1.82) is 0 Å². The molecular formula is C23H29NO5. The number of hydrogen-bond donors (Lipinski definition) is 1. The zero-order valence-corrected chi connectivity index (χ0v) is 17.5. The van der Waals surface area contributed by atoms with Gasteiger partial charge in [-0.3, -0.25) is 0 Å². The molecule has 0 aromatic heterocycles. The van der Waals surface area contributed by atoms with E-state index in [1.165, 1.54) is 0 Å². The summed E-state index contributed by atoms with van der Waals surface area (Å²) in [5.74, 6) is 0.750. The number of nitrogens with zero attached hydrogens (tertiary/aromatic N) is 1. The summed E-state index contributed by atoms with van der Waals surface area (Å²) in [4.78, 5) is 14.2. The molecule has 2 aromatic carbocycles. The van der Waals surface area contributed by atoms with E-state index in [1.807, 2.05) is 12.1 Å². The van der Waals surface area contributed by atoms with E-state index in [0.29, 0.717) is 35.0 Å². The standard InChI is InChI=1S/C23H29NO5/c1-5-24(6-2)14-15-29-22-18(8-7-9-21(22)28-4)16-20(23(25)26)17-10-12-19(27-3)13-11-17/h7-13,16H,5-6,14-15H2,1-4H3,(H,25,26)/b20-16-. The molecule has 0 aliphatic rings. The number of likely N-dealkylation sites (N-methyl/N-ethyl adjacent to an activating group) is 1. The van der Waals surface area contributed by atoms with Gasteiger partial charge in [-0.2, -0.15) is 0 Å². The third kappa shape index (κ3) is 5.99. The average Bonchev–Trinajstić information content (AvgIpc) is 2.75. The molecule has 0 aliphatic heterocycles. The fourth-order valence-corrected chi connectivity index (χ4v) is 2.97. The third-order valence-corrected chi connectivity index (χ3v) is 4.71. The van der Waals surface area contributed by atoms with Crippen LogP contribution in [0.25, 0.3) is 11.6 Å². The Morgan fingerprint density at radius 2 is 1.72 bits per heavy atom. The first-order chi connectivity index (χ1) is 14.0. The van der Waals surface area contributed by atoms with Crippen LogP contribution in [0.1, 0.15) is 25.0 Å². The van der Waals surface area contributed by atoms with Crippen molar-refractivity contribution in [2.45, 2.75) is 13.8 Å². The Balaban J connectivity index is 2.38. The van der Waals surface area contributed by atoms with E-state index in [2.05, 4.69) is 18.7 Å². The zero-order chi connectivity index (χ0) is 21.2. The summed E-state index contributed by atoms with van der Waals surface area (Å²) in [6, 6.07) is 12.4. The van der Waals surface area contributed by atoms with Crippen LogP contribution in [0.4, 0.5) is 0 Å². The first-order valence-corrected chi connectivity index (χ1v) is 9.65. The molecule has 0 heterocycles. The summed E-state index contributed by atoms with van der Waals surface area (Å²) in [6.45, 7) is 7.36. The van der Waals surface area contributed by atoms with Gasteiger partial charge in [0.15, 0.2) is 11.5 Å². The molecule has 2 aromatic rings. The van der Waals surface area contributed by atoms with Crippen LogP contribution in [0.5, 0.6) is 17.2 Å². The summed E-state index contributed by atoms with van der Waals surface area (Å²) >= 11 is 0. The second-order valence-corrected chi connectivity index (χ2v) is 6.35. The van der Waals surface area contributed by atoms with Crippen LogP contribution in [-0.2, 0) is 4.79 Å². The molecule has 0 fully saturated rings. The van der Waals surface area contributed by atoms with E-state index in [1.54, 1.807) is 50.6 Å². The van der Waals surface area contributed by atoms with Gasteiger partial charge in [-0.15, -0.1) is 0 Å². The maximum Gasteiger partial charge on any atom is 0.336 e. The van der Waals surface area contributed by atoms with Gasteiger partial charge in [0.2, 0.25) is 0 Å². The number of hydrogen-bond acceptors (Lipinski definition) is 5. The summed E-state index contributed by atoms with van der Waals surface area (Å²) in [5.41, 5.74) is 1.39. The highest BCUT2D eigenvalue weighted by molar-refractivity contribution is 6.20. The second kappa shape index (κ2) is 11.1. The molecule has 2 rings (SSSR count). The fraction of sp³-hybridized carbons (Fsp3) is 0.348. The maximum absolute atomic E-state index is 11.9. The number of benzene rings is 2. The minimum Gasteiger partial charge on any atom is -0.497 e. The predicted molar refractivity (Wildman–Crippen MR) is 115 cm³/mol. The van der Waals surface area contributed by atoms with Crippen LogP contribution in [0.15, 0.2) is 42.5 Å². The van der Waals surface area contributed by atoms with E-state index in [-0.39, 0.29) is 5.57 Å². The number of aliphatic carboxylic acids is 1. The molecule has 156 valence electrons. The Morgan fingerprint density at radius 1 is 1.03 bits per heavy atom. The van der Waals surface area contributed by atoms with Gasteiger partial charge in [-0.1, -0.05) is 38.1 Å². The van der Waals surface area contributed by atoms with Crippen LogP contribution < -0.4 is 14.2 Å². The van der Waals surface area contributed by atoms with Crippen molar-refractivity contribution < 1.29 is 24.1 Å². The highest BCUT2D eigenvalue weighted by Gasteiger charge is 2.15. The van der Waals surface area contributed by atoms with Gasteiger partial charge in [0.25, 0.3) is 0 Å². The molecule has 29 heavy (non-hydrogen) atoms.